The van der Waals surface area contributed by atoms with Crippen LogP contribution in [0.4, 0.5) is 5.82 Å². The summed E-state index contributed by atoms with van der Waals surface area (Å²) in [6.07, 6.45) is 6.55. The summed E-state index contributed by atoms with van der Waals surface area (Å²) in [6, 6.07) is 7.37. The average molecular weight is 391 g/mol. The van der Waals surface area contributed by atoms with Crippen LogP contribution in [0.2, 0.25) is 0 Å². The highest BCUT2D eigenvalue weighted by Gasteiger charge is 2.27. The van der Waals surface area contributed by atoms with Gasteiger partial charge in [-0.2, -0.15) is 0 Å². The first-order valence-electron chi connectivity index (χ1n) is 8.78. The van der Waals surface area contributed by atoms with Crippen LogP contribution in [0.1, 0.15) is 25.7 Å². The van der Waals surface area contributed by atoms with Crippen molar-refractivity contribution in [1.82, 2.24) is 14.9 Å². The molecule has 0 amide bonds. The Balaban J connectivity index is 1.41. The Bertz CT molecular complexity index is 696. The fourth-order valence-electron chi connectivity index (χ4n) is 3.87. The molecule has 0 atom stereocenters. The van der Waals surface area contributed by atoms with Gasteiger partial charge < -0.3 is 10.1 Å². The second-order valence-electron chi connectivity index (χ2n) is 6.68. The summed E-state index contributed by atoms with van der Waals surface area (Å²) < 4.78 is 6.53. The molecule has 4 rings (SSSR count). The molecular formula is C18H23BrN4O. The number of benzene rings is 1. The fourth-order valence-corrected chi connectivity index (χ4v) is 4.23. The lowest BCUT2D eigenvalue weighted by Crippen LogP contribution is -2.46. The van der Waals surface area contributed by atoms with Crippen LogP contribution >= 0.6 is 15.9 Å². The van der Waals surface area contributed by atoms with E-state index in [9.17, 15) is 0 Å². The van der Waals surface area contributed by atoms with Crippen molar-refractivity contribution in [3.8, 4) is 0 Å². The summed E-state index contributed by atoms with van der Waals surface area (Å²) in [5.74, 6) is 0.955. The fraction of sp³-hybridized carbons (Fsp3) is 0.556. The molecule has 24 heavy (non-hydrogen) atoms. The summed E-state index contributed by atoms with van der Waals surface area (Å²) >= 11 is 3.54. The highest BCUT2D eigenvalue weighted by Crippen LogP contribution is 2.28. The number of anilines is 1. The van der Waals surface area contributed by atoms with Crippen molar-refractivity contribution in [2.24, 2.45) is 0 Å². The Morgan fingerprint density at radius 2 is 1.88 bits per heavy atom. The molecule has 1 aromatic carbocycles. The second kappa shape index (κ2) is 7.33. The van der Waals surface area contributed by atoms with Crippen molar-refractivity contribution < 1.29 is 4.74 Å². The number of aromatic nitrogens is 2. The zero-order valence-electron chi connectivity index (χ0n) is 13.7. The van der Waals surface area contributed by atoms with Crippen LogP contribution < -0.4 is 5.32 Å². The van der Waals surface area contributed by atoms with Gasteiger partial charge in [-0.05, 0) is 43.9 Å². The van der Waals surface area contributed by atoms with Gasteiger partial charge in [0.2, 0.25) is 0 Å². The Hall–Kier alpha value is -1.24. The maximum absolute atomic E-state index is 5.47. The number of ether oxygens (including phenoxy) is 1. The van der Waals surface area contributed by atoms with Crippen LogP contribution in [0.3, 0.4) is 0 Å². The predicted octanol–water partition coefficient (Wildman–Crippen LogP) is 3.45. The number of nitrogens with one attached hydrogen (secondary N) is 1. The molecule has 1 saturated heterocycles. The van der Waals surface area contributed by atoms with Crippen molar-refractivity contribution in [3.05, 3.63) is 29.0 Å². The van der Waals surface area contributed by atoms with Crippen LogP contribution in [-0.4, -0.2) is 53.3 Å². The van der Waals surface area contributed by atoms with Crippen LogP contribution in [0.5, 0.6) is 0 Å². The Kier molecular flexibility index (Phi) is 4.96. The highest BCUT2D eigenvalue weighted by molar-refractivity contribution is 9.10. The Morgan fingerprint density at radius 3 is 2.67 bits per heavy atom. The first-order valence-corrected chi connectivity index (χ1v) is 9.57. The maximum Gasteiger partial charge on any atom is 0.137 e. The van der Waals surface area contributed by atoms with Crippen molar-refractivity contribution in [2.75, 3.05) is 31.6 Å². The van der Waals surface area contributed by atoms with Crippen molar-refractivity contribution in [2.45, 2.75) is 37.8 Å². The van der Waals surface area contributed by atoms with Gasteiger partial charge in [0.25, 0.3) is 0 Å². The molecule has 2 aliphatic rings. The Labute approximate surface area is 150 Å². The minimum atomic E-state index is 0.499. The van der Waals surface area contributed by atoms with Gasteiger partial charge in [0.1, 0.15) is 12.1 Å². The molecule has 1 aromatic heterocycles. The topological polar surface area (TPSA) is 50.3 Å². The molecule has 2 aromatic rings. The largest absolute Gasteiger partial charge is 0.379 e. The molecule has 1 aliphatic carbocycles. The standard InChI is InChI=1S/C18H23BrN4O/c19-13-1-6-17-16(11-13)18(21-12-20-17)22-14-2-4-15(5-3-14)23-7-9-24-10-8-23/h1,6,11-12,14-15H,2-5,7-10H2,(H,20,21,22). The Morgan fingerprint density at radius 1 is 1.08 bits per heavy atom. The quantitative estimate of drug-likeness (QED) is 0.869. The smallest absolute Gasteiger partial charge is 0.137 e. The molecule has 1 saturated carbocycles. The lowest BCUT2D eigenvalue weighted by atomic mass is 9.90. The van der Waals surface area contributed by atoms with Gasteiger partial charge >= 0.3 is 0 Å². The van der Waals surface area contributed by atoms with E-state index >= 15 is 0 Å². The third kappa shape index (κ3) is 3.55. The monoisotopic (exact) mass is 390 g/mol. The molecule has 5 nitrogen and oxygen atoms in total. The summed E-state index contributed by atoms with van der Waals surface area (Å²) in [5.41, 5.74) is 0.984. The first-order chi connectivity index (χ1) is 11.8. The maximum atomic E-state index is 5.47. The number of halogens is 1. The number of morpholine rings is 1. The second-order valence-corrected chi connectivity index (χ2v) is 7.60. The van der Waals surface area contributed by atoms with Gasteiger partial charge in [0.05, 0.1) is 18.7 Å². The van der Waals surface area contributed by atoms with Gasteiger partial charge in [-0.15, -0.1) is 0 Å². The lowest BCUT2D eigenvalue weighted by molar-refractivity contribution is 0.00791. The van der Waals surface area contributed by atoms with E-state index in [-0.39, 0.29) is 0 Å². The van der Waals surface area contributed by atoms with E-state index in [4.69, 9.17) is 4.74 Å². The summed E-state index contributed by atoms with van der Waals surface area (Å²) in [7, 11) is 0. The molecule has 1 aliphatic heterocycles. The SMILES string of the molecule is Brc1ccc2ncnc(NC3CCC(N4CCOCC4)CC3)c2c1. The van der Waals surface area contributed by atoms with Crippen molar-refractivity contribution >= 4 is 32.7 Å². The number of fused-ring (bicyclic) bond motifs is 1. The summed E-state index contributed by atoms with van der Waals surface area (Å²) in [4.78, 5) is 11.4. The third-order valence-electron chi connectivity index (χ3n) is 5.20. The molecular weight excluding hydrogens is 368 g/mol. The average Bonchev–Trinajstić information content (AvgIpc) is 2.64. The van der Waals surface area contributed by atoms with Crippen LogP contribution in [0.15, 0.2) is 29.0 Å². The van der Waals surface area contributed by atoms with E-state index in [1.807, 2.05) is 12.1 Å². The van der Waals surface area contributed by atoms with Crippen LogP contribution in [0, 0.1) is 0 Å². The van der Waals surface area contributed by atoms with E-state index in [1.165, 1.54) is 25.7 Å². The number of hydrogen-bond donors (Lipinski definition) is 1. The number of rotatable bonds is 3. The lowest BCUT2D eigenvalue weighted by Gasteiger charge is -2.39. The molecule has 1 N–H and O–H groups in total. The van der Waals surface area contributed by atoms with Gasteiger partial charge in [-0.1, -0.05) is 15.9 Å². The van der Waals surface area contributed by atoms with Gasteiger partial charge in [0.15, 0.2) is 0 Å². The molecule has 0 unspecified atom stereocenters. The minimum absolute atomic E-state index is 0.499. The molecule has 2 fully saturated rings. The van der Waals surface area contributed by atoms with E-state index in [1.54, 1.807) is 6.33 Å². The van der Waals surface area contributed by atoms with E-state index < -0.39 is 0 Å². The van der Waals surface area contributed by atoms with E-state index in [0.717, 1.165) is 53.5 Å². The van der Waals surface area contributed by atoms with Gasteiger partial charge in [0, 0.05) is 35.0 Å². The molecule has 128 valence electrons. The zero-order chi connectivity index (χ0) is 16.4. The van der Waals surface area contributed by atoms with Crippen molar-refractivity contribution in [3.63, 3.8) is 0 Å². The van der Waals surface area contributed by atoms with Gasteiger partial charge in [-0.3, -0.25) is 4.90 Å². The van der Waals surface area contributed by atoms with Crippen molar-refractivity contribution in [1.29, 1.82) is 0 Å². The summed E-state index contributed by atoms with van der Waals surface area (Å²) in [6.45, 7) is 3.96. The van der Waals surface area contributed by atoms with E-state index in [2.05, 4.69) is 42.2 Å². The number of hydrogen-bond acceptors (Lipinski definition) is 5. The molecule has 0 bridgehead atoms. The summed E-state index contributed by atoms with van der Waals surface area (Å²) in [5, 5.41) is 4.74. The highest BCUT2D eigenvalue weighted by atomic mass is 79.9. The van der Waals surface area contributed by atoms with Gasteiger partial charge in [-0.25, -0.2) is 9.97 Å². The molecule has 2 heterocycles. The number of nitrogens with zero attached hydrogens (tertiary/aromatic N) is 3. The first kappa shape index (κ1) is 16.2. The minimum Gasteiger partial charge on any atom is -0.379 e. The van der Waals surface area contributed by atoms with Crippen LogP contribution in [0.25, 0.3) is 10.9 Å². The third-order valence-corrected chi connectivity index (χ3v) is 5.69. The van der Waals surface area contributed by atoms with E-state index in [0.29, 0.717) is 6.04 Å². The van der Waals surface area contributed by atoms with Crippen LogP contribution in [-0.2, 0) is 4.74 Å². The molecule has 0 radical (unpaired) electrons. The normalized spacial score (nSPS) is 25.7. The predicted molar refractivity (Wildman–Crippen MR) is 99.3 cm³/mol. The molecule has 6 heteroatoms. The zero-order valence-corrected chi connectivity index (χ0v) is 15.3. The molecule has 0 spiro atoms.